The van der Waals surface area contributed by atoms with Crippen LogP contribution in [0.15, 0.2) is 30.5 Å². The van der Waals surface area contributed by atoms with E-state index in [0.29, 0.717) is 31.9 Å². The molecular formula is C12H6Cl3NO. The molecule has 2 aromatic rings. The second kappa shape index (κ2) is 5.05. The minimum atomic E-state index is 0.381. The van der Waals surface area contributed by atoms with Crippen molar-refractivity contribution in [3.63, 3.8) is 0 Å². The Balaban J connectivity index is 2.59. The van der Waals surface area contributed by atoms with Crippen LogP contribution in [0.4, 0.5) is 0 Å². The Morgan fingerprint density at radius 1 is 1.00 bits per heavy atom. The van der Waals surface area contributed by atoms with Gasteiger partial charge < -0.3 is 0 Å². The van der Waals surface area contributed by atoms with Gasteiger partial charge >= 0.3 is 0 Å². The predicted molar refractivity (Wildman–Crippen MR) is 70.1 cm³/mol. The topological polar surface area (TPSA) is 30.0 Å². The third-order valence-electron chi connectivity index (χ3n) is 2.21. The molecule has 17 heavy (non-hydrogen) atoms. The molecule has 0 saturated heterocycles. The van der Waals surface area contributed by atoms with E-state index in [1.807, 2.05) is 0 Å². The molecule has 0 aliphatic heterocycles. The van der Waals surface area contributed by atoms with Gasteiger partial charge in [0.2, 0.25) is 0 Å². The molecule has 0 radical (unpaired) electrons. The number of hydrogen-bond acceptors (Lipinski definition) is 2. The van der Waals surface area contributed by atoms with Gasteiger partial charge in [-0.15, -0.1) is 0 Å². The number of rotatable bonds is 2. The van der Waals surface area contributed by atoms with Gasteiger partial charge in [-0.05, 0) is 24.3 Å². The van der Waals surface area contributed by atoms with Gasteiger partial charge in [0.05, 0.1) is 20.8 Å². The molecule has 0 spiro atoms. The Morgan fingerprint density at radius 2 is 1.71 bits per heavy atom. The van der Waals surface area contributed by atoms with Crippen molar-refractivity contribution in [3.05, 3.63) is 51.1 Å². The summed E-state index contributed by atoms with van der Waals surface area (Å²) in [5.41, 5.74) is 1.75. The van der Waals surface area contributed by atoms with Crippen LogP contribution in [0.3, 0.4) is 0 Å². The molecule has 0 atom stereocenters. The van der Waals surface area contributed by atoms with Crippen LogP contribution < -0.4 is 0 Å². The molecule has 5 heteroatoms. The summed E-state index contributed by atoms with van der Waals surface area (Å²) < 4.78 is 0. The Hall–Kier alpha value is -1.09. The SMILES string of the molecule is O=Cc1ccnc(-c2cc(Cl)c(Cl)cc2Cl)c1. The minimum absolute atomic E-state index is 0.381. The number of aromatic nitrogens is 1. The highest BCUT2D eigenvalue weighted by Crippen LogP contribution is 2.34. The standard InChI is InChI=1S/C12H6Cl3NO/c13-9-5-11(15)10(14)4-8(9)12-3-7(6-17)1-2-16-12/h1-6H. The van der Waals surface area contributed by atoms with Crippen LogP contribution in [0.5, 0.6) is 0 Å². The number of benzene rings is 1. The van der Waals surface area contributed by atoms with Crippen molar-refractivity contribution in [1.29, 1.82) is 0 Å². The predicted octanol–water partition coefficient (Wildman–Crippen LogP) is 4.52. The van der Waals surface area contributed by atoms with Gasteiger partial charge in [0.15, 0.2) is 0 Å². The second-order valence-corrected chi connectivity index (χ2v) is 4.56. The highest BCUT2D eigenvalue weighted by atomic mass is 35.5. The number of carbonyl (C=O) groups excluding carboxylic acids is 1. The fraction of sp³-hybridized carbons (Fsp3) is 0. The van der Waals surface area contributed by atoms with Crippen LogP contribution in [-0.2, 0) is 0 Å². The van der Waals surface area contributed by atoms with Gasteiger partial charge in [0.1, 0.15) is 6.29 Å². The maximum absolute atomic E-state index is 10.7. The molecule has 0 aliphatic rings. The zero-order valence-electron chi connectivity index (χ0n) is 8.45. The molecule has 0 bridgehead atoms. The third kappa shape index (κ3) is 2.60. The lowest BCUT2D eigenvalue weighted by molar-refractivity contribution is 0.112. The normalized spacial score (nSPS) is 10.3. The third-order valence-corrected chi connectivity index (χ3v) is 3.24. The lowest BCUT2D eigenvalue weighted by atomic mass is 10.1. The van der Waals surface area contributed by atoms with Gasteiger partial charge in [0.25, 0.3) is 0 Å². The van der Waals surface area contributed by atoms with Crippen molar-refractivity contribution in [1.82, 2.24) is 4.98 Å². The summed E-state index contributed by atoms with van der Waals surface area (Å²) in [6.07, 6.45) is 2.29. The summed E-state index contributed by atoms with van der Waals surface area (Å²) >= 11 is 17.8. The smallest absolute Gasteiger partial charge is 0.150 e. The Kier molecular flexibility index (Phi) is 3.67. The quantitative estimate of drug-likeness (QED) is 0.600. The molecule has 0 aliphatic carbocycles. The van der Waals surface area contributed by atoms with Crippen molar-refractivity contribution in [3.8, 4) is 11.3 Å². The fourth-order valence-electron chi connectivity index (χ4n) is 1.39. The van der Waals surface area contributed by atoms with Crippen LogP contribution in [0.1, 0.15) is 10.4 Å². The summed E-state index contributed by atoms with van der Waals surface area (Å²) in [6, 6.07) is 6.43. The molecule has 2 rings (SSSR count). The van der Waals surface area contributed by atoms with Gasteiger partial charge in [0, 0.05) is 17.3 Å². The van der Waals surface area contributed by atoms with Gasteiger partial charge in [-0.1, -0.05) is 34.8 Å². The summed E-state index contributed by atoms with van der Waals surface area (Å²) in [7, 11) is 0. The highest BCUT2D eigenvalue weighted by Gasteiger charge is 2.09. The molecule has 86 valence electrons. The highest BCUT2D eigenvalue weighted by molar-refractivity contribution is 6.44. The molecule has 0 amide bonds. The molecule has 0 unspecified atom stereocenters. The van der Waals surface area contributed by atoms with Crippen molar-refractivity contribution >= 4 is 41.1 Å². The first-order chi connectivity index (χ1) is 8.11. The fourth-order valence-corrected chi connectivity index (χ4v) is 2.03. The zero-order chi connectivity index (χ0) is 12.4. The molecule has 0 N–H and O–H groups in total. The summed E-state index contributed by atoms with van der Waals surface area (Å²) in [6.45, 7) is 0. The summed E-state index contributed by atoms with van der Waals surface area (Å²) in [4.78, 5) is 14.8. The molecule has 1 aromatic heterocycles. The van der Waals surface area contributed by atoms with E-state index < -0.39 is 0 Å². The van der Waals surface area contributed by atoms with E-state index in [1.165, 1.54) is 6.20 Å². The van der Waals surface area contributed by atoms with Crippen molar-refractivity contribution in [2.45, 2.75) is 0 Å². The Labute approximate surface area is 113 Å². The van der Waals surface area contributed by atoms with Crippen LogP contribution in [0, 0.1) is 0 Å². The lowest BCUT2D eigenvalue weighted by Gasteiger charge is -2.06. The van der Waals surface area contributed by atoms with E-state index in [1.54, 1.807) is 24.3 Å². The van der Waals surface area contributed by atoms with E-state index in [9.17, 15) is 4.79 Å². The zero-order valence-corrected chi connectivity index (χ0v) is 10.7. The number of carbonyl (C=O) groups is 1. The maximum Gasteiger partial charge on any atom is 0.150 e. The number of nitrogens with zero attached hydrogens (tertiary/aromatic N) is 1. The summed E-state index contributed by atoms with van der Waals surface area (Å²) in [5.74, 6) is 0. The van der Waals surface area contributed by atoms with Crippen LogP contribution in [0.25, 0.3) is 11.3 Å². The van der Waals surface area contributed by atoms with Gasteiger partial charge in [-0.3, -0.25) is 9.78 Å². The lowest BCUT2D eigenvalue weighted by Crippen LogP contribution is -1.88. The van der Waals surface area contributed by atoms with Crippen LogP contribution in [0.2, 0.25) is 15.1 Å². The van der Waals surface area contributed by atoms with Crippen LogP contribution in [-0.4, -0.2) is 11.3 Å². The molecule has 1 aromatic carbocycles. The van der Waals surface area contributed by atoms with Crippen molar-refractivity contribution < 1.29 is 4.79 Å². The minimum Gasteiger partial charge on any atom is -0.298 e. The molecule has 2 nitrogen and oxygen atoms in total. The average Bonchev–Trinajstić information content (AvgIpc) is 2.34. The maximum atomic E-state index is 10.7. The molecular weight excluding hydrogens is 280 g/mol. The molecule has 0 saturated carbocycles. The van der Waals surface area contributed by atoms with Gasteiger partial charge in [-0.25, -0.2) is 0 Å². The van der Waals surface area contributed by atoms with Crippen LogP contribution >= 0.6 is 34.8 Å². The van der Waals surface area contributed by atoms with E-state index in [2.05, 4.69) is 4.98 Å². The van der Waals surface area contributed by atoms with Gasteiger partial charge in [-0.2, -0.15) is 0 Å². The number of aldehydes is 1. The molecule has 1 heterocycles. The first-order valence-electron chi connectivity index (χ1n) is 4.68. The van der Waals surface area contributed by atoms with Crippen molar-refractivity contribution in [2.24, 2.45) is 0 Å². The van der Waals surface area contributed by atoms with E-state index in [4.69, 9.17) is 34.8 Å². The first-order valence-corrected chi connectivity index (χ1v) is 5.81. The Bertz CT molecular complexity index is 584. The monoisotopic (exact) mass is 285 g/mol. The average molecular weight is 287 g/mol. The first kappa shape index (κ1) is 12.4. The number of halogens is 3. The van der Waals surface area contributed by atoms with Crippen molar-refractivity contribution in [2.75, 3.05) is 0 Å². The largest absolute Gasteiger partial charge is 0.298 e. The number of hydrogen-bond donors (Lipinski definition) is 0. The molecule has 0 fully saturated rings. The number of pyridine rings is 1. The van der Waals surface area contributed by atoms with E-state index in [0.717, 1.165) is 6.29 Å². The summed E-state index contributed by atoms with van der Waals surface area (Å²) in [5, 5.41) is 1.21. The van der Waals surface area contributed by atoms with E-state index in [-0.39, 0.29) is 0 Å². The van der Waals surface area contributed by atoms with E-state index >= 15 is 0 Å². The Morgan fingerprint density at radius 3 is 2.41 bits per heavy atom. The second-order valence-electron chi connectivity index (χ2n) is 3.34.